The van der Waals surface area contributed by atoms with Crippen LogP contribution in [0.1, 0.15) is 26.2 Å². The number of hydrogen-bond donors (Lipinski definition) is 1. The molecule has 4 nitrogen and oxygen atoms in total. The van der Waals surface area contributed by atoms with Gasteiger partial charge < -0.3 is 15.0 Å². The van der Waals surface area contributed by atoms with E-state index in [4.69, 9.17) is 4.74 Å². The van der Waals surface area contributed by atoms with Gasteiger partial charge in [0.05, 0.1) is 18.8 Å². The fourth-order valence-corrected chi connectivity index (χ4v) is 3.13. The average Bonchev–Trinajstić information content (AvgIpc) is 3.06. The number of nitrogens with zero attached hydrogens (tertiary/aromatic N) is 1. The van der Waals surface area contributed by atoms with Crippen LogP contribution in [-0.4, -0.2) is 49.2 Å². The molecule has 17 heavy (non-hydrogen) atoms. The normalized spacial score (nSPS) is 41.6. The van der Waals surface area contributed by atoms with Crippen molar-refractivity contribution in [3.63, 3.8) is 0 Å². The van der Waals surface area contributed by atoms with Crippen LogP contribution in [0, 0.1) is 11.8 Å². The summed E-state index contributed by atoms with van der Waals surface area (Å²) in [6, 6.07) is 0. The molecule has 1 amide bonds. The topological polar surface area (TPSA) is 41.6 Å². The lowest BCUT2D eigenvalue weighted by Crippen LogP contribution is -2.60. The number of morpholine rings is 1. The van der Waals surface area contributed by atoms with E-state index in [0.717, 1.165) is 45.4 Å². The third-order valence-electron chi connectivity index (χ3n) is 4.42. The molecule has 3 aliphatic rings. The van der Waals surface area contributed by atoms with Crippen molar-refractivity contribution in [1.82, 2.24) is 10.2 Å². The van der Waals surface area contributed by atoms with E-state index in [-0.39, 0.29) is 5.60 Å². The van der Waals surface area contributed by atoms with Gasteiger partial charge in [-0.1, -0.05) is 6.92 Å². The summed E-state index contributed by atoms with van der Waals surface area (Å²) in [5.41, 5.74) is -0.0930. The van der Waals surface area contributed by atoms with Crippen LogP contribution >= 0.6 is 0 Å². The number of piperidine rings is 1. The minimum absolute atomic E-state index is 0.0930. The average molecular weight is 238 g/mol. The Hall–Kier alpha value is -0.610. The molecule has 0 bridgehead atoms. The van der Waals surface area contributed by atoms with E-state index in [2.05, 4.69) is 12.2 Å². The van der Waals surface area contributed by atoms with Crippen LogP contribution in [0.4, 0.5) is 0 Å². The van der Waals surface area contributed by atoms with E-state index in [1.54, 1.807) is 0 Å². The molecule has 1 saturated carbocycles. The highest BCUT2D eigenvalue weighted by Gasteiger charge is 2.45. The fourth-order valence-electron chi connectivity index (χ4n) is 3.13. The van der Waals surface area contributed by atoms with E-state index >= 15 is 0 Å². The van der Waals surface area contributed by atoms with Gasteiger partial charge in [-0.15, -0.1) is 0 Å². The van der Waals surface area contributed by atoms with Gasteiger partial charge in [0.2, 0.25) is 5.91 Å². The van der Waals surface area contributed by atoms with Gasteiger partial charge >= 0.3 is 0 Å². The summed E-state index contributed by atoms with van der Waals surface area (Å²) < 4.78 is 5.96. The highest BCUT2D eigenvalue weighted by Crippen LogP contribution is 2.40. The second-order valence-corrected chi connectivity index (χ2v) is 5.89. The first-order valence-corrected chi connectivity index (χ1v) is 6.84. The molecule has 1 N–H and O–H groups in total. The molecule has 1 spiro atoms. The molecule has 0 radical (unpaired) electrons. The largest absolute Gasteiger partial charge is 0.370 e. The Labute approximate surface area is 103 Å². The molecule has 0 aromatic heterocycles. The lowest BCUT2D eigenvalue weighted by atomic mass is 9.92. The Morgan fingerprint density at radius 1 is 1.53 bits per heavy atom. The summed E-state index contributed by atoms with van der Waals surface area (Å²) in [6.45, 7) is 6.43. The molecule has 0 aromatic carbocycles. The SMILES string of the molecule is C[C@@H]1C[C@@H]1C(=O)N1CCO[C@]2(CCCNC2)C1. The van der Waals surface area contributed by atoms with Crippen LogP contribution in [0.2, 0.25) is 0 Å². The third kappa shape index (κ3) is 2.20. The van der Waals surface area contributed by atoms with Gasteiger partial charge in [-0.25, -0.2) is 0 Å². The molecule has 3 atom stereocenters. The smallest absolute Gasteiger partial charge is 0.226 e. The number of nitrogens with one attached hydrogen (secondary N) is 1. The van der Waals surface area contributed by atoms with Crippen molar-refractivity contribution in [3.8, 4) is 0 Å². The van der Waals surface area contributed by atoms with Gasteiger partial charge in [0.25, 0.3) is 0 Å². The lowest BCUT2D eigenvalue weighted by molar-refractivity contribution is -0.154. The fraction of sp³-hybridized carbons (Fsp3) is 0.923. The standard InChI is InChI=1S/C13H22N2O2/c1-10-7-11(10)12(16)15-5-6-17-13(9-15)3-2-4-14-8-13/h10-11,14H,2-9H2,1H3/t10-,11+,13+/m1/s1. The number of ether oxygens (including phenoxy) is 1. The summed E-state index contributed by atoms with van der Waals surface area (Å²) in [6.07, 6.45) is 3.33. The predicted octanol–water partition coefficient (Wildman–Crippen LogP) is 0.623. The first-order chi connectivity index (χ1) is 8.20. The van der Waals surface area contributed by atoms with E-state index in [1.165, 1.54) is 0 Å². The minimum Gasteiger partial charge on any atom is -0.370 e. The van der Waals surface area contributed by atoms with Crippen molar-refractivity contribution in [1.29, 1.82) is 0 Å². The summed E-state index contributed by atoms with van der Waals surface area (Å²) >= 11 is 0. The maximum absolute atomic E-state index is 12.2. The predicted molar refractivity (Wildman–Crippen MR) is 64.6 cm³/mol. The third-order valence-corrected chi connectivity index (χ3v) is 4.42. The van der Waals surface area contributed by atoms with Crippen LogP contribution < -0.4 is 5.32 Å². The van der Waals surface area contributed by atoms with E-state index < -0.39 is 0 Å². The second kappa shape index (κ2) is 4.25. The van der Waals surface area contributed by atoms with Crippen molar-refractivity contribution >= 4 is 5.91 Å². The molecule has 96 valence electrons. The Kier molecular flexibility index (Phi) is 2.87. The quantitative estimate of drug-likeness (QED) is 0.728. The maximum Gasteiger partial charge on any atom is 0.226 e. The molecule has 3 fully saturated rings. The highest BCUT2D eigenvalue weighted by molar-refractivity contribution is 5.81. The van der Waals surface area contributed by atoms with Gasteiger partial charge in [-0.2, -0.15) is 0 Å². The van der Waals surface area contributed by atoms with Crippen LogP contribution in [0.15, 0.2) is 0 Å². The monoisotopic (exact) mass is 238 g/mol. The first kappa shape index (κ1) is 11.5. The van der Waals surface area contributed by atoms with Crippen LogP contribution in [0.3, 0.4) is 0 Å². The number of hydrogen-bond acceptors (Lipinski definition) is 3. The summed E-state index contributed by atoms with van der Waals surface area (Å²) in [5.74, 6) is 1.28. The molecule has 2 heterocycles. The minimum atomic E-state index is -0.0930. The first-order valence-electron chi connectivity index (χ1n) is 6.84. The molecule has 0 aromatic rings. The van der Waals surface area contributed by atoms with Crippen LogP contribution in [0.25, 0.3) is 0 Å². The molecule has 1 aliphatic carbocycles. The number of amides is 1. The van der Waals surface area contributed by atoms with Crippen molar-refractivity contribution in [2.75, 3.05) is 32.8 Å². The molecular weight excluding hydrogens is 216 g/mol. The molecule has 4 heteroatoms. The molecule has 2 saturated heterocycles. The van der Waals surface area contributed by atoms with Gasteiger partial charge in [-0.05, 0) is 31.7 Å². The lowest BCUT2D eigenvalue weighted by Gasteiger charge is -2.45. The number of rotatable bonds is 1. The van der Waals surface area contributed by atoms with Gasteiger partial charge in [0, 0.05) is 19.0 Å². The molecule has 0 unspecified atom stereocenters. The van der Waals surface area contributed by atoms with Crippen molar-refractivity contribution in [2.24, 2.45) is 11.8 Å². The van der Waals surface area contributed by atoms with Crippen LogP contribution in [-0.2, 0) is 9.53 Å². The van der Waals surface area contributed by atoms with Gasteiger partial charge in [0.1, 0.15) is 0 Å². The zero-order chi connectivity index (χ0) is 11.9. The van der Waals surface area contributed by atoms with Gasteiger partial charge in [-0.3, -0.25) is 4.79 Å². The Bertz CT molecular complexity index is 307. The molecular formula is C13H22N2O2. The zero-order valence-corrected chi connectivity index (χ0v) is 10.6. The number of carbonyl (C=O) groups excluding carboxylic acids is 1. The van der Waals surface area contributed by atoms with Crippen molar-refractivity contribution < 1.29 is 9.53 Å². The zero-order valence-electron chi connectivity index (χ0n) is 10.6. The summed E-state index contributed by atoms with van der Waals surface area (Å²) in [7, 11) is 0. The van der Waals surface area contributed by atoms with Crippen molar-refractivity contribution in [3.05, 3.63) is 0 Å². The van der Waals surface area contributed by atoms with E-state index in [9.17, 15) is 4.79 Å². The van der Waals surface area contributed by atoms with E-state index in [1.807, 2.05) is 4.90 Å². The Morgan fingerprint density at radius 3 is 3.00 bits per heavy atom. The second-order valence-electron chi connectivity index (χ2n) is 5.89. The molecule has 3 rings (SSSR count). The Morgan fingerprint density at radius 2 is 2.35 bits per heavy atom. The molecule has 2 aliphatic heterocycles. The van der Waals surface area contributed by atoms with E-state index in [0.29, 0.717) is 24.3 Å². The maximum atomic E-state index is 12.2. The number of carbonyl (C=O) groups is 1. The summed E-state index contributed by atoms with van der Waals surface area (Å²) in [4.78, 5) is 14.3. The Balaban J connectivity index is 1.64. The van der Waals surface area contributed by atoms with Crippen LogP contribution in [0.5, 0.6) is 0 Å². The summed E-state index contributed by atoms with van der Waals surface area (Å²) in [5, 5.41) is 3.40. The highest BCUT2D eigenvalue weighted by atomic mass is 16.5. The van der Waals surface area contributed by atoms with Crippen molar-refractivity contribution in [2.45, 2.75) is 31.8 Å². The van der Waals surface area contributed by atoms with Gasteiger partial charge in [0.15, 0.2) is 0 Å².